The highest BCUT2D eigenvalue weighted by Crippen LogP contribution is 2.20. The summed E-state index contributed by atoms with van der Waals surface area (Å²) in [6.07, 6.45) is 0.194. The van der Waals surface area contributed by atoms with E-state index in [1.54, 1.807) is 18.2 Å². The molecular formula is C13H20N2O3. The third kappa shape index (κ3) is 3.92. The molecule has 1 aromatic rings. The minimum absolute atomic E-state index is 0.129. The van der Waals surface area contributed by atoms with E-state index in [0.29, 0.717) is 13.2 Å². The van der Waals surface area contributed by atoms with Gasteiger partial charge in [0.15, 0.2) is 0 Å². The second-order valence-corrected chi connectivity index (χ2v) is 4.42. The second-order valence-electron chi connectivity index (χ2n) is 4.42. The number of carboxylic acids is 1. The number of anilines is 2. The fraction of sp³-hybridized carbons (Fsp3) is 0.462. The number of carboxylic acid groups (broad SMARTS) is 1. The highest BCUT2D eigenvalue weighted by molar-refractivity contribution is 5.94. The van der Waals surface area contributed by atoms with Crippen molar-refractivity contribution in [2.75, 3.05) is 30.8 Å². The van der Waals surface area contributed by atoms with Crippen LogP contribution in [0.2, 0.25) is 0 Å². The van der Waals surface area contributed by atoms with Crippen molar-refractivity contribution < 1.29 is 14.6 Å². The maximum Gasteiger partial charge on any atom is 0.337 e. The Morgan fingerprint density at radius 1 is 1.50 bits per heavy atom. The van der Waals surface area contributed by atoms with Crippen molar-refractivity contribution in [3.63, 3.8) is 0 Å². The van der Waals surface area contributed by atoms with Crippen molar-refractivity contribution in [2.45, 2.75) is 20.0 Å². The molecule has 0 aliphatic heterocycles. The fourth-order valence-corrected chi connectivity index (χ4v) is 1.52. The van der Waals surface area contributed by atoms with Crippen molar-refractivity contribution in [2.24, 2.45) is 0 Å². The van der Waals surface area contributed by atoms with Gasteiger partial charge in [-0.25, -0.2) is 4.79 Å². The van der Waals surface area contributed by atoms with Crippen LogP contribution in [0.25, 0.3) is 0 Å². The fourth-order valence-electron chi connectivity index (χ4n) is 1.52. The highest BCUT2D eigenvalue weighted by atomic mass is 16.5. The normalized spacial score (nSPS) is 10.7. The molecule has 0 radical (unpaired) electrons. The Hall–Kier alpha value is -1.75. The van der Waals surface area contributed by atoms with Gasteiger partial charge in [0.1, 0.15) is 0 Å². The number of nitrogen functional groups attached to an aromatic ring is 1. The van der Waals surface area contributed by atoms with E-state index in [1.807, 2.05) is 25.8 Å². The van der Waals surface area contributed by atoms with Crippen LogP contribution in [-0.4, -0.2) is 37.4 Å². The van der Waals surface area contributed by atoms with Gasteiger partial charge in [-0.05, 0) is 32.0 Å². The summed E-state index contributed by atoms with van der Waals surface area (Å²) >= 11 is 0. The molecule has 0 aliphatic carbocycles. The lowest BCUT2D eigenvalue weighted by Gasteiger charge is -2.20. The Morgan fingerprint density at radius 2 is 2.17 bits per heavy atom. The summed E-state index contributed by atoms with van der Waals surface area (Å²) in [6, 6.07) is 4.99. The Labute approximate surface area is 107 Å². The molecule has 0 spiro atoms. The molecule has 0 saturated carbocycles. The van der Waals surface area contributed by atoms with Crippen LogP contribution in [0.4, 0.5) is 11.4 Å². The van der Waals surface area contributed by atoms with E-state index in [2.05, 4.69) is 0 Å². The summed E-state index contributed by atoms with van der Waals surface area (Å²) in [7, 11) is 1.89. The van der Waals surface area contributed by atoms with E-state index >= 15 is 0 Å². The molecule has 5 heteroatoms. The first-order chi connectivity index (χ1) is 8.41. The monoisotopic (exact) mass is 252 g/mol. The van der Waals surface area contributed by atoms with Gasteiger partial charge in [0.05, 0.1) is 18.3 Å². The van der Waals surface area contributed by atoms with Crippen molar-refractivity contribution in [1.82, 2.24) is 0 Å². The molecule has 3 N–H and O–H groups in total. The van der Waals surface area contributed by atoms with Gasteiger partial charge >= 0.3 is 5.97 Å². The summed E-state index contributed by atoms with van der Waals surface area (Å²) in [5.41, 5.74) is 6.83. The average Bonchev–Trinajstić information content (AvgIpc) is 2.28. The summed E-state index contributed by atoms with van der Waals surface area (Å²) in [5.74, 6) is -1.01. The van der Waals surface area contributed by atoms with Crippen molar-refractivity contribution >= 4 is 17.3 Å². The van der Waals surface area contributed by atoms with E-state index in [1.165, 1.54) is 0 Å². The number of benzene rings is 1. The van der Waals surface area contributed by atoms with Crippen LogP contribution in [0.5, 0.6) is 0 Å². The van der Waals surface area contributed by atoms with E-state index in [0.717, 1.165) is 5.69 Å². The Morgan fingerprint density at radius 3 is 2.72 bits per heavy atom. The molecule has 0 aromatic heterocycles. The maximum atomic E-state index is 11.0. The molecular weight excluding hydrogens is 232 g/mol. The molecule has 1 aromatic carbocycles. The van der Waals surface area contributed by atoms with Crippen molar-refractivity contribution in [3.8, 4) is 0 Å². The number of carbonyl (C=O) groups is 1. The summed E-state index contributed by atoms with van der Waals surface area (Å²) in [4.78, 5) is 12.9. The molecule has 0 bridgehead atoms. The third-order valence-corrected chi connectivity index (χ3v) is 2.59. The molecule has 0 heterocycles. The van der Waals surface area contributed by atoms with Crippen LogP contribution in [0.3, 0.4) is 0 Å². The van der Waals surface area contributed by atoms with Crippen LogP contribution in [0.15, 0.2) is 18.2 Å². The quantitative estimate of drug-likeness (QED) is 0.755. The molecule has 0 saturated heterocycles. The molecule has 18 heavy (non-hydrogen) atoms. The summed E-state index contributed by atoms with van der Waals surface area (Å²) in [6.45, 7) is 5.25. The minimum Gasteiger partial charge on any atom is -0.478 e. The van der Waals surface area contributed by atoms with Gasteiger partial charge in [0.2, 0.25) is 0 Å². The number of hydrogen-bond acceptors (Lipinski definition) is 4. The maximum absolute atomic E-state index is 11.0. The van der Waals surface area contributed by atoms with E-state index in [9.17, 15) is 4.79 Å². The summed E-state index contributed by atoms with van der Waals surface area (Å²) in [5, 5.41) is 9.00. The molecule has 5 nitrogen and oxygen atoms in total. The second kappa shape index (κ2) is 6.26. The molecule has 100 valence electrons. The standard InChI is InChI=1S/C13H20N2O3/c1-9(2)18-7-6-15(3)10-4-5-12(14)11(8-10)13(16)17/h4-5,8-9H,6-7,14H2,1-3H3,(H,16,17). The van der Waals surface area contributed by atoms with Crippen LogP contribution in [0, 0.1) is 0 Å². The number of nitrogens with two attached hydrogens (primary N) is 1. The average molecular weight is 252 g/mol. The van der Waals surface area contributed by atoms with Crippen molar-refractivity contribution in [3.05, 3.63) is 23.8 Å². The number of aromatic carboxylic acids is 1. The number of ether oxygens (including phenoxy) is 1. The van der Waals surface area contributed by atoms with Crippen LogP contribution in [-0.2, 0) is 4.74 Å². The minimum atomic E-state index is -1.01. The molecule has 0 aliphatic rings. The zero-order chi connectivity index (χ0) is 13.7. The molecule has 1 rings (SSSR count). The first-order valence-electron chi connectivity index (χ1n) is 5.87. The van der Waals surface area contributed by atoms with Gasteiger partial charge < -0.3 is 20.5 Å². The van der Waals surface area contributed by atoms with E-state index in [-0.39, 0.29) is 17.4 Å². The first kappa shape index (κ1) is 14.3. The van der Waals surface area contributed by atoms with Crippen LogP contribution >= 0.6 is 0 Å². The van der Waals surface area contributed by atoms with Crippen LogP contribution in [0.1, 0.15) is 24.2 Å². The number of hydrogen-bond donors (Lipinski definition) is 2. The highest BCUT2D eigenvalue weighted by Gasteiger charge is 2.10. The Balaban J connectivity index is 2.71. The molecule has 0 amide bonds. The van der Waals surface area contributed by atoms with Gasteiger partial charge in [-0.2, -0.15) is 0 Å². The van der Waals surface area contributed by atoms with Gasteiger partial charge in [0.25, 0.3) is 0 Å². The smallest absolute Gasteiger partial charge is 0.337 e. The molecule has 0 unspecified atom stereocenters. The van der Waals surface area contributed by atoms with Crippen LogP contribution < -0.4 is 10.6 Å². The Kier molecular flexibility index (Phi) is 4.97. The SMILES string of the molecule is CC(C)OCCN(C)c1ccc(N)c(C(=O)O)c1. The first-order valence-corrected chi connectivity index (χ1v) is 5.87. The number of nitrogens with zero attached hydrogens (tertiary/aromatic N) is 1. The third-order valence-electron chi connectivity index (χ3n) is 2.59. The topological polar surface area (TPSA) is 75.8 Å². The molecule has 0 atom stereocenters. The summed E-state index contributed by atoms with van der Waals surface area (Å²) < 4.78 is 5.45. The van der Waals surface area contributed by atoms with E-state index in [4.69, 9.17) is 15.6 Å². The predicted molar refractivity (Wildman–Crippen MR) is 72.2 cm³/mol. The molecule has 0 fully saturated rings. The lowest BCUT2D eigenvalue weighted by molar-refractivity contribution is 0.0698. The largest absolute Gasteiger partial charge is 0.478 e. The Bertz CT molecular complexity index is 419. The lowest BCUT2D eigenvalue weighted by atomic mass is 10.1. The van der Waals surface area contributed by atoms with E-state index < -0.39 is 5.97 Å². The van der Waals surface area contributed by atoms with Crippen molar-refractivity contribution in [1.29, 1.82) is 0 Å². The van der Waals surface area contributed by atoms with Gasteiger partial charge in [-0.15, -0.1) is 0 Å². The number of likely N-dealkylation sites (N-methyl/N-ethyl adjacent to an activating group) is 1. The predicted octanol–water partition coefficient (Wildman–Crippen LogP) is 1.83. The van der Waals surface area contributed by atoms with Gasteiger partial charge in [0, 0.05) is 25.0 Å². The lowest BCUT2D eigenvalue weighted by Crippen LogP contribution is -2.24. The zero-order valence-electron chi connectivity index (χ0n) is 11.0. The van der Waals surface area contributed by atoms with Gasteiger partial charge in [-0.3, -0.25) is 0 Å². The zero-order valence-corrected chi connectivity index (χ0v) is 11.0. The van der Waals surface area contributed by atoms with Gasteiger partial charge in [-0.1, -0.05) is 0 Å². The number of rotatable bonds is 6.